The zero-order valence-electron chi connectivity index (χ0n) is 6.75. The Labute approximate surface area is 70.2 Å². The fourth-order valence-corrected chi connectivity index (χ4v) is 0.463. The van der Waals surface area contributed by atoms with Crippen LogP contribution in [0.15, 0.2) is 24.3 Å². The molecule has 0 saturated carbocycles. The van der Waals surface area contributed by atoms with Crippen LogP contribution in [0.4, 0.5) is 10.1 Å². The van der Waals surface area contributed by atoms with Crippen molar-refractivity contribution in [2.24, 2.45) is 5.73 Å². The lowest BCUT2D eigenvalue weighted by Gasteiger charge is -1.87. The van der Waals surface area contributed by atoms with Crippen molar-refractivity contribution in [2.45, 2.75) is 6.92 Å². The number of nitrogens with two attached hydrogens (primary N) is 2. The molecule has 0 spiro atoms. The Kier molecular flexibility index (Phi) is 4.45. The maximum Gasteiger partial charge on any atom is 0.214 e. The highest BCUT2D eigenvalue weighted by Crippen LogP contribution is 2.01. The molecule has 1 amide bonds. The Morgan fingerprint density at radius 1 is 1.33 bits per heavy atom. The summed E-state index contributed by atoms with van der Waals surface area (Å²) in [6, 6.07) is 5.70. The molecule has 0 heterocycles. The van der Waals surface area contributed by atoms with E-state index in [1.165, 1.54) is 31.2 Å². The molecule has 1 aromatic carbocycles. The van der Waals surface area contributed by atoms with Gasteiger partial charge in [-0.05, 0) is 24.3 Å². The van der Waals surface area contributed by atoms with E-state index in [1.807, 2.05) is 0 Å². The third-order valence-corrected chi connectivity index (χ3v) is 0.870. The zero-order chi connectivity index (χ0) is 9.56. The molecule has 4 N–H and O–H groups in total. The number of hydrogen-bond donors (Lipinski definition) is 2. The quantitative estimate of drug-likeness (QED) is 0.568. The van der Waals surface area contributed by atoms with Crippen LogP contribution in [-0.2, 0) is 4.79 Å². The minimum absolute atomic E-state index is 0.251. The number of carbonyl (C=O) groups excluding carboxylic acids is 1. The van der Waals surface area contributed by atoms with Crippen molar-refractivity contribution in [3.8, 4) is 0 Å². The first-order valence-corrected chi connectivity index (χ1v) is 3.29. The van der Waals surface area contributed by atoms with Crippen molar-refractivity contribution in [3.63, 3.8) is 0 Å². The van der Waals surface area contributed by atoms with E-state index in [0.717, 1.165) is 0 Å². The molecule has 0 saturated heterocycles. The van der Waals surface area contributed by atoms with Crippen LogP contribution in [0, 0.1) is 5.82 Å². The standard InChI is InChI=1S/C6H6FN.C2H5NO/c7-5-1-3-6(8)4-2-5;1-2(3)4/h1-4H,8H2;1H3,(H2,3,4). The summed E-state index contributed by atoms with van der Waals surface area (Å²) in [4.78, 5) is 9.22. The molecule has 0 bridgehead atoms. The summed E-state index contributed by atoms with van der Waals surface area (Å²) in [5, 5.41) is 0. The molecule has 66 valence electrons. The highest BCUT2D eigenvalue weighted by molar-refractivity contribution is 5.70. The van der Waals surface area contributed by atoms with E-state index in [4.69, 9.17) is 5.73 Å². The van der Waals surface area contributed by atoms with Gasteiger partial charge in [0.05, 0.1) is 0 Å². The van der Waals surface area contributed by atoms with Gasteiger partial charge in [0.15, 0.2) is 0 Å². The molecule has 0 atom stereocenters. The van der Waals surface area contributed by atoms with E-state index in [-0.39, 0.29) is 11.7 Å². The Morgan fingerprint density at radius 3 is 1.92 bits per heavy atom. The van der Waals surface area contributed by atoms with Gasteiger partial charge in [-0.1, -0.05) is 0 Å². The third kappa shape index (κ3) is 6.54. The molecule has 0 aromatic heterocycles. The summed E-state index contributed by atoms with van der Waals surface area (Å²) in [6.45, 7) is 1.31. The van der Waals surface area contributed by atoms with Crippen LogP contribution in [0.25, 0.3) is 0 Å². The van der Waals surface area contributed by atoms with Gasteiger partial charge < -0.3 is 11.5 Å². The second-order valence-electron chi connectivity index (χ2n) is 2.16. The van der Waals surface area contributed by atoms with E-state index in [2.05, 4.69) is 5.73 Å². The Morgan fingerprint density at radius 2 is 1.67 bits per heavy atom. The van der Waals surface area contributed by atoms with Crippen molar-refractivity contribution < 1.29 is 9.18 Å². The first kappa shape index (κ1) is 10.4. The van der Waals surface area contributed by atoms with Gasteiger partial charge in [-0.15, -0.1) is 0 Å². The number of carbonyl (C=O) groups is 1. The summed E-state index contributed by atoms with van der Waals surface area (Å²) >= 11 is 0. The second-order valence-corrected chi connectivity index (χ2v) is 2.16. The van der Waals surface area contributed by atoms with Crippen molar-refractivity contribution in [2.75, 3.05) is 5.73 Å². The van der Waals surface area contributed by atoms with Crippen LogP contribution < -0.4 is 11.5 Å². The summed E-state index contributed by atoms with van der Waals surface area (Å²) in [5.74, 6) is -0.584. The summed E-state index contributed by atoms with van der Waals surface area (Å²) in [6.07, 6.45) is 0. The molecule has 12 heavy (non-hydrogen) atoms. The number of amides is 1. The Hall–Kier alpha value is -1.58. The van der Waals surface area contributed by atoms with Crippen molar-refractivity contribution in [3.05, 3.63) is 30.1 Å². The number of primary amides is 1. The molecule has 1 rings (SSSR count). The lowest BCUT2D eigenvalue weighted by Crippen LogP contribution is -2.01. The second kappa shape index (κ2) is 5.12. The van der Waals surface area contributed by atoms with E-state index in [9.17, 15) is 9.18 Å². The zero-order valence-corrected chi connectivity index (χ0v) is 6.75. The van der Waals surface area contributed by atoms with Crippen molar-refractivity contribution in [1.29, 1.82) is 0 Å². The average Bonchev–Trinajstić information content (AvgIpc) is 1.94. The van der Waals surface area contributed by atoms with Crippen LogP contribution >= 0.6 is 0 Å². The Balaban J connectivity index is 0.000000261. The lowest BCUT2D eigenvalue weighted by molar-refractivity contribution is -0.115. The van der Waals surface area contributed by atoms with Crippen LogP contribution in [-0.4, -0.2) is 5.91 Å². The highest BCUT2D eigenvalue weighted by Gasteiger charge is 1.83. The first-order chi connectivity index (χ1) is 5.52. The van der Waals surface area contributed by atoms with Crippen LogP contribution in [0.3, 0.4) is 0 Å². The third-order valence-electron chi connectivity index (χ3n) is 0.870. The van der Waals surface area contributed by atoms with Gasteiger partial charge in [-0.3, -0.25) is 4.79 Å². The summed E-state index contributed by atoms with van der Waals surface area (Å²) < 4.78 is 12.0. The largest absolute Gasteiger partial charge is 0.399 e. The molecule has 0 unspecified atom stereocenters. The average molecular weight is 170 g/mol. The molecule has 0 fully saturated rings. The van der Waals surface area contributed by atoms with Gasteiger partial charge in [0.25, 0.3) is 0 Å². The maximum absolute atomic E-state index is 12.0. The minimum atomic E-state index is -0.333. The molecule has 0 aliphatic carbocycles. The van der Waals surface area contributed by atoms with Crippen LogP contribution in [0.2, 0.25) is 0 Å². The van der Waals surface area contributed by atoms with E-state index in [0.29, 0.717) is 5.69 Å². The monoisotopic (exact) mass is 170 g/mol. The number of hydrogen-bond acceptors (Lipinski definition) is 2. The van der Waals surface area contributed by atoms with E-state index in [1.54, 1.807) is 0 Å². The van der Waals surface area contributed by atoms with Crippen LogP contribution in [0.1, 0.15) is 6.92 Å². The van der Waals surface area contributed by atoms with E-state index < -0.39 is 0 Å². The molecule has 4 heteroatoms. The number of anilines is 1. The van der Waals surface area contributed by atoms with Crippen molar-refractivity contribution >= 4 is 11.6 Å². The van der Waals surface area contributed by atoms with Crippen LogP contribution in [0.5, 0.6) is 0 Å². The van der Waals surface area contributed by atoms with Gasteiger partial charge in [0.2, 0.25) is 5.91 Å². The van der Waals surface area contributed by atoms with E-state index >= 15 is 0 Å². The molecular formula is C8H11FN2O. The van der Waals surface area contributed by atoms with Gasteiger partial charge >= 0.3 is 0 Å². The molecule has 0 aliphatic heterocycles. The minimum Gasteiger partial charge on any atom is -0.399 e. The smallest absolute Gasteiger partial charge is 0.214 e. The van der Waals surface area contributed by atoms with Gasteiger partial charge in [0, 0.05) is 12.6 Å². The highest BCUT2D eigenvalue weighted by atomic mass is 19.1. The fraction of sp³-hybridized carbons (Fsp3) is 0.125. The Bertz CT molecular complexity index is 221. The fourth-order valence-electron chi connectivity index (χ4n) is 0.463. The molecular weight excluding hydrogens is 159 g/mol. The lowest BCUT2D eigenvalue weighted by atomic mass is 10.3. The topological polar surface area (TPSA) is 69.1 Å². The predicted molar refractivity (Wildman–Crippen MR) is 45.7 cm³/mol. The maximum atomic E-state index is 12.0. The van der Waals surface area contributed by atoms with Gasteiger partial charge in [0.1, 0.15) is 5.82 Å². The molecule has 0 aliphatic rings. The first-order valence-electron chi connectivity index (χ1n) is 3.29. The normalized spacial score (nSPS) is 8.17. The number of rotatable bonds is 0. The predicted octanol–water partition coefficient (Wildman–Crippen LogP) is 0.899. The van der Waals surface area contributed by atoms with Gasteiger partial charge in [-0.25, -0.2) is 4.39 Å². The van der Waals surface area contributed by atoms with Gasteiger partial charge in [-0.2, -0.15) is 0 Å². The molecule has 3 nitrogen and oxygen atoms in total. The summed E-state index contributed by atoms with van der Waals surface area (Å²) in [7, 11) is 0. The SMILES string of the molecule is CC(N)=O.Nc1ccc(F)cc1. The van der Waals surface area contributed by atoms with Crippen molar-refractivity contribution in [1.82, 2.24) is 0 Å². The number of benzene rings is 1. The number of halogens is 1. The number of nitrogen functional groups attached to an aromatic ring is 1. The summed E-state index contributed by atoms with van der Waals surface area (Å²) in [5.41, 5.74) is 10.3. The molecule has 0 radical (unpaired) electrons. The molecule has 1 aromatic rings.